The van der Waals surface area contributed by atoms with Crippen molar-refractivity contribution < 1.29 is 4.79 Å². The van der Waals surface area contributed by atoms with E-state index in [1.54, 1.807) is 12.5 Å². The Morgan fingerprint density at radius 1 is 1.35 bits per heavy atom. The number of rotatable bonds is 6. The highest BCUT2D eigenvalue weighted by Gasteiger charge is 2.03. The van der Waals surface area contributed by atoms with Crippen molar-refractivity contribution in [3.63, 3.8) is 0 Å². The van der Waals surface area contributed by atoms with E-state index in [4.69, 9.17) is 0 Å². The highest BCUT2D eigenvalue weighted by atomic mass is 16.1. The van der Waals surface area contributed by atoms with Crippen molar-refractivity contribution >= 4 is 12.0 Å². The molecule has 1 aromatic heterocycles. The third-order valence-corrected chi connectivity index (χ3v) is 2.98. The highest BCUT2D eigenvalue weighted by molar-refractivity contribution is 5.97. The van der Waals surface area contributed by atoms with E-state index in [2.05, 4.69) is 10.3 Å². The van der Waals surface area contributed by atoms with Crippen molar-refractivity contribution in [2.75, 3.05) is 6.54 Å². The zero-order valence-electron chi connectivity index (χ0n) is 11.6. The van der Waals surface area contributed by atoms with E-state index in [1.165, 1.54) is 0 Å². The van der Waals surface area contributed by atoms with Crippen LogP contribution in [0.2, 0.25) is 0 Å². The minimum atomic E-state index is -0.0144. The van der Waals surface area contributed by atoms with Gasteiger partial charge in [-0.2, -0.15) is 0 Å². The third-order valence-electron chi connectivity index (χ3n) is 2.98. The molecule has 1 amide bonds. The zero-order valence-corrected chi connectivity index (χ0v) is 11.6. The van der Waals surface area contributed by atoms with Crippen LogP contribution in [0.5, 0.6) is 0 Å². The van der Waals surface area contributed by atoms with E-state index in [9.17, 15) is 4.79 Å². The van der Waals surface area contributed by atoms with Gasteiger partial charge in [0.15, 0.2) is 0 Å². The number of carbonyl (C=O) groups excluding carboxylic acids is 1. The van der Waals surface area contributed by atoms with Crippen LogP contribution in [0.3, 0.4) is 0 Å². The molecule has 20 heavy (non-hydrogen) atoms. The van der Waals surface area contributed by atoms with Gasteiger partial charge in [0.25, 0.3) is 0 Å². The quantitative estimate of drug-likeness (QED) is 0.647. The maximum absolute atomic E-state index is 11.9. The molecular formula is C16H19N3O. The lowest BCUT2D eigenvalue weighted by Gasteiger charge is -2.06. The van der Waals surface area contributed by atoms with Gasteiger partial charge < -0.3 is 9.88 Å². The molecule has 104 valence electrons. The number of imidazole rings is 1. The molecule has 0 aliphatic rings. The molecule has 1 N–H and O–H groups in total. The average molecular weight is 269 g/mol. The van der Waals surface area contributed by atoms with Gasteiger partial charge in [0.05, 0.1) is 6.33 Å². The summed E-state index contributed by atoms with van der Waals surface area (Å²) in [6, 6.07) is 9.85. The Balaban J connectivity index is 1.75. The predicted octanol–water partition coefficient (Wildman–Crippen LogP) is 2.49. The van der Waals surface area contributed by atoms with Crippen LogP contribution < -0.4 is 5.32 Å². The standard InChI is InChI=1S/C16H19N3O/c1-14(12-15-6-3-2-4-7-15)16(20)18-8-5-10-19-11-9-17-13-19/h2-4,6-7,9,11-13H,5,8,10H2,1H3,(H,18,20). The fourth-order valence-corrected chi connectivity index (χ4v) is 1.89. The van der Waals surface area contributed by atoms with Crippen LogP contribution in [0, 0.1) is 0 Å². The molecule has 0 atom stereocenters. The van der Waals surface area contributed by atoms with Crippen LogP contribution in [-0.4, -0.2) is 22.0 Å². The predicted molar refractivity (Wildman–Crippen MR) is 79.9 cm³/mol. The number of nitrogens with zero attached hydrogens (tertiary/aromatic N) is 2. The van der Waals surface area contributed by atoms with E-state index in [1.807, 2.05) is 54.1 Å². The van der Waals surface area contributed by atoms with Crippen LogP contribution in [0.1, 0.15) is 18.9 Å². The van der Waals surface area contributed by atoms with E-state index < -0.39 is 0 Å². The van der Waals surface area contributed by atoms with Gasteiger partial charge in [-0.05, 0) is 25.0 Å². The monoisotopic (exact) mass is 269 g/mol. The van der Waals surface area contributed by atoms with Crippen molar-refractivity contribution in [2.45, 2.75) is 19.9 Å². The Morgan fingerprint density at radius 2 is 2.15 bits per heavy atom. The second-order valence-corrected chi connectivity index (χ2v) is 4.65. The normalized spacial score (nSPS) is 11.3. The zero-order chi connectivity index (χ0) is 14.2. The van der Waals surface area contributed by atoms with Gasteiger partial charge in [-0.15, -0.1) is 0 Å². The van der Waals surface area contributed by atoms with Crippen LogP contribution in [0.4, 0.5) is 0 Å². The van der Waals surface area contributed by atoms with Gasteiger partial charge in [-0.3, -0.25) is 4.79 Å². The minimum Gasteiger partial charge on any atom is -0.352 e. The number of aromatic nitrogens is 2. The summed E-state index contributed by atoms with van der Waals surface area (Å²) in [5, 5.41) is 2.92. The number of carbonyl (C=O) groups is 1. The Hall–Kier alpha value is -2.36. The number of amides is 1. The van der Waals surface area contributed by atoms with Crippen LogP contribution in [-0.2, 0) is 11.3 Å². The molecule has 2 aromatic rings. The summed E-state index contributed by atoms with van der Waals surface area (Å²) < 4.78 is 2.00. The summed E-state index contributed by atoms with van der Waals surface area (Å²) in [6.07, 6.45) is 8.24. The lowest BCUT2D eigenvalue weighted by Crippen LogP contribution is -2.25. The molecule has 0 saturated carbocycles. The van der Waals surface area contributed by atoms with Crippen molar-refractivity contribution in [2.24, 2.45) is 0 Å². The molecule has 0 aliphatic carbocycles. The third kappa shape index (κ3) is 4.39. The van der Waals surface area contributed by atoms with Crippen LogP contribution in [0.15, 0.2) is 54.6 Å². The van der Waals surface area contributed by atoms with Gasteiger partial charge in [-0.1, -0.05) is 30.3 Å². The first-order valence-electron chi connectivity index (χ1n) is 6.73. The fraction of sp³-hybridized carbons (Fsp3) is 0.250. The summed E-state index contributed by atoms with van der Waals surface area (Å²) in [6.45, 7) is 3.36. The molecule has 0 aliphatic heterocycles. The first-order chi connectivity index (χ1) is 9.75. The molecule has 4 heteroatoms. The van der Waals surface area contributed by atoms with Gasteiger partial charge in [-0.25, -0.2) is 4.98 Å². The first kappa shape index (κ1) is 14.1. The van der Waals surface area contributed by atoms with E-state index in [0.29, 0.717) is 6.54 Å². The molecule has 0 radical (unpaired) electrons. The van der Waals surface area contributed by atoms with Crippen LogP contribution >= 0.6 is 0 Å². The second kappa shape index (κ2) is 7.28. The van der Waals surface area contributed by atoms with Crippen molar-refractivity contribution in [1.82, 2.24) is 14.9 Å². The highest BCUT2D eigenvalue weighted by Crippen LogP contribution is 2.05. The summed E-state index contributed by atoms with van der Waals surface area (Å²) in [7, 11) is 0. The summed E-state index contributed by atoms with van der Waals surface area (Å²) in [5.41, 5.74) is 1.76. The Morgan fingerprint density at radius 3 is 2.85 bits per heavy atom. The maximum atomic E-state index is 11.9. The number of hydrogen-bond donors (Lipinski definition) is 1. The number of hydrogen-bond acceptors (Lipinski definition) is 2. The van der Waals surface area contributed by atoms with Gasteiger partial charge >= 0.3 is 0 Å². The van der Waals surface area contributed by atoms with Crippen molar-refractivity contribution in [3.05, 3.63) is 60.2 Å². The Kier molecular flexibility index (Phi) is 5.12. The van der Waals surface area contributed by atoms with Gasteiger partial charge in [0.1, 0.15) is 0 Å². The van der Waals surface area contributed by atoms with E-state index in [-0.39, 0.29) is 5.91 Å². The molecule has 0 unspecified atom stereocenters. The fourth-order valence-electron chi connectivity index (χ4n) is 1.89. The summed E-state index contributed by atoms with van der Waals surface area (Å²) in [5.74, 6) is -0.0144. The summed E-state index contributed by atoms with van der Waals surface area (Å²) >= 11 is 0. The lowest BCUT2D eigenvalue weighted by atomic mass is 10.1. The molecule has 0 bridgehead atoms. The molecule has 2 rings (SSSR count). The Labute approximate surface area is 119 Å². The van der Waals surface area contributed by atoms with Gasteiger partial charge in [0.2, 0.25) is 5.91 Å². The largest absolute Gasteiger partial charge is 0.352 e. The van der Waals surface area contributed by atoms with Crippen LogP contribution in [0.25, 0.3) is 6.08 Å². The van der Waals surface area contributed by atoms with Crippen molar-refractivity contribution in [3.8, 4) is 0 Å². The molecule has 1 aromatic carbocycles. The lowest BCUT2D eigenvalue weighted by molar-refractivity contribution is -0.117. The molecule has 0 saturated heterocycles. The number of benzene rings is 1. The number of nitrogens with one attached hydrogen (secondary N) is 1. The molecule has 4 nitrogen and oxygen atoms in total. The topological polar surface area (TPSA) is 46.9 Å². The second-order valence-electron chi connectivity index (χ2n) is 4.65. The number of aryl methyl sites for hydroxylation is 1. The van der Waals surface area contributed by atoms with E-state index >= 15 is 0 Å². The maximum Gasteiger partial charge on any atom is 0.246 e. The summed E-state index contributed by atoms with van der Waals surface area (Å²) in [4.78, 5) is 15.9. The molecule has 1 heterocycles. The van der Waals surface area contributed by atoms with Crippen molar-refractivity contribution in [1.29, 1.82) is 0 Å². The molecular weight excluding hydrogens is 250 g/mol. The minimum absolute atomic E-state index is 0.0144. The SMILES string of the molecule is CC(=Cc1ccccc1)C(=O)NCCCn1ccnc1. The molecule has 0 spiro atoms. The Bertz CT molecular complexity index is 559. The smallest absolute Gasteiger partial charge is 0.246 e. The van der Waals surface area contributed by atoms with E-state index in [0.717, 1.165) is 24.1 Å². The van der Waals surface area contributed by atoms with Gasteiger partial charge in [0, 0.05) is 31.1 Å². The molecule has 0 fully saturated rings. The first-order valence-corrected chi connectivity index (χ1v) is 6.73. The average Bonchev–Trinajstić information content (AvgIpc) is 2.97.